The normalized spacial score (nSPS) is 18.4. The number of piperidine rings is 1. The first-order valence-corrected chi connectivity index (χ1v) is 12.4. The average Bonchev–Trinajstić information content (AvgIpc) is 3.06. The first kappa shape index (κ1) is 20.4. The molecule has 2 aliphatic rings. The number of amides is 1. The number of hydrogen-bond acceptors (Lipinski definition) is 5. The highest BCUT2D eigenvalue weighted by Gasteiger charge is 2.30. The van der Waals surface area contributed by atoms with Crippen molar-refractivity contribution in [2.75, 3.05) is 31.1 Å². The van der Waals surface area contributed by atoms with E-state index in [0.29, 0.717) is 5.91 Å². The lowest BCUT2D eigenvalue weighted by Gasteiger charge is -2.35. The highest BCUT2D eigenvalue weighted by atomic mass is 32.1. The van der Waals surface area contributed by atoms with Gasteiger partial charge in [-0.15, -0.1) is 11.3 Å². The molecule has 0 atom stereocenters. The highest BCUT2D eigenvalue weighted by Crippen LogP contribution is 2.39. The maximum Gasteiger partial charge on any atom is 0.225 e. The summed E-state index contributed by atoms with van der Waals surface area (Å²) in [4.78, 5) is 27.8. The Morgan fingerprint density at radius 3 is 2.39 bits per heavy atom. The van der Waals surface area contributed by atoms with Gasteiger partial charge in [-0.2, -0.15) is 0 Å². The molecule has 0 spiro atoms. The van der Waals surface area contributed by atoms with Crippen molar-refractivity contribution >= 4 is 33.3 Å². The SMILES string of the molecule is Cc1ccc(-c2csc3ncnc(N4CCC(C(=O)N5CCCCCC5)CC4)c23)cc1. The molecule has 1 aromatic carbocycles. The average molecular weight is 435 g/mol. The molecular weight excluding hydrogens is 404 g/mol. The highest BCUT2D eigenvalue weighted by molar-refractivity contribution is 7.17. The van der Waals surface area contributed by atoms with Gasteiger partial charge in [-0.05, 0) is 38.2 Å². The molecule has 162 valence electrons. The molecule has 3 aromatic rings. The summed E-state index contributed by atoms with van der Waals surface area (Å²) in [5.74, 6) is 1.55. The number of benzene rings is 1. The van der Waals surface area contributed by atoms with Crippen molar-refractivity contribution in [2.45, 2.75) is 45.4 Å². The van der Waals surface area contributed by atoms with Gasteiger partial charge in [-0.1, -0.05) is 42.7 Å². The number of aryl methyl sites for hydroxylation is 1. The van der Waals surface area contributed by atoms with Gasteiger partial charge in [0, 0.05) is 43.0 Å². The number of rotatable bonds is 3. The number of likely N-dealkylation sites (tertiary alicyclic amines) is 1. The molecule has 0 saturated carbocycles. The van der Waals surface area contributed by atoms with Crippen molar-refractivity contribution in [2.24, 2.45) is 5.92 Å². The third-order valence-corrected chi connectivity index (χ3v) is 7.66. The quantitative estimate of drug-likeness (QED) is 0.562. The number of thiophene rings is 1. The summed E-state index contributed by atoms with van der Waals surface area (Å²) in [6, 6.07) is 8.67. The Hall–Kier alpha value is -2.47. The lowest BCUT2D eigenvalue weighted by Crippen LogP contribution is -2.43. The van der Waals surface area contributed by atoms with E-state index in [1.807, 2.05) is 0 Å². The molecule has 0 N–H and O–H groups in total. The van der Waals surface area contributed by atoms with E-state index in [2.05, 4.69) is 51.4 Å². The zero-order chi connectivity index (χ0) is 21.2. The monoisotopic (exact) mass is 434 g/mol. The second-order valence-electron chi connectivity index (χ2n) is 8.89. The summed E-state index contributed by atoms with van der Waals surface area (Å²) < 4.78 is 0. The van der Waals surface area contributed by atoms with Gasteiger partial charge in [0.25, 0.3) is 0 Å². The van der Waals surface area contributed by atoms with Crippen LogP contribution in [0.1, 0.15) is 44.1 Å². The van der Waals surface area contributed by atoms with Gasteiger partial charge < -0.3 is 9.80 Å². The topological polar surface area (TPSA) is 49.3 Å². The lowest BCUT2D eigenvalue weighted by atomic mass is 9.94. The first-order valence-electron chi connectivity index (χ1n) is 11.5. The van der Waals surface area contributed by atoms with Crippen LogP contribution in [0, 0.1) is 12.8 Å². The van der Waals surface area contributed by atoms with Gasteiger partial charge in [0.1, 0.15) is 17.0 Å². The van der Waals surface area contributed by atoms with Crippen LogP contribution in [0.2, 0.25) is 0 Å². The predicted molar refractivity (Wildman–Crippen MR) is 128 cm³/mol. The Morgan fingerprint density at radius 1 is 0.968 bits per heavy atom. The van der Waals surface area contributed by atoms with Crippen molar-refractivity contribution in [3.05, 3.63) is 41.5 Å². The summed E-state index contributed by atoms with van der Waals surface area (Å²) in [6.07, 6.45) is 8.33. The number of carbonyl (C=O) groups excluding carboxylic acids is 1. The Bertz CT molecular complexity index is 1050. The van der Waals surface area contributed by atoms with Crippen molar-refractivity contribution in [1.82, 2.24) is 14.9 Å². The number of hydrogen-bond donors (Lipinski definition) is 0. The Labute approximate surface area is 188 Å². The van der Waals surface area contributed by atoms with E-state index in [1.165, 1.54) is 29.5 Å². The molecule has 5 nitrogen and oxygen atoms in total. The van der Waals surface area contributed by atoms with E-state index in [4.69, 9.17) is 4.98 Å². The fourth-order valence-corrected chi connectivity index (χ4v) is 5.84. The molecule has 1 amide bonds. The second kappa shape index (κ2) is 8.95. The van der Waals surface area contributed by atoms with Crippen LogP contribution < -0.4 is 4.90 Å². The zero-order valence-corrected chi connectivity index (χ0v) is 19.0. The molecule has 6 heteroatoms. The van der Waals surface area contributed by atoms with Gasteiger partial charge in [-0.3, -0.25) is 4.79 Å². The summed E-state index contributed by atoms with van der Waals surface area (Å²) >= 11 is 1.68. The molecule has 0 unspecified atom stereocenters. The Kier molecular flexibility index (Phi) is 5.90. The van der Waals surface area contributed by atoms with Crippen molar-refractivity contribution in [1.29, 1.82) is 0 Å². The van der Waals surface area contributed by atoms with Crippen LogP contribution in [0.25, 0.3) is 21.3 Å². The van der Waals surface area contributed by atoms with Crippen molar-refractivity contribution in [3.63, 3.8) is 0 Å². The van der Waals surface area contributed by atoms with Gasteiger partial charge in [0.15, 0.2) is 0 Å². The minimum atomic E-state index is 0.158. The van der Waals surface area contributed by atoms with Crippen molar-refractivity contribution in [3.8, 4) is 11.1 Å². The van der Waals surface area contributed by atoms with Gasteiger partial charge in [0.05, 0.1) is 5.39 Å². The van der Waals surface area contributed by atoms with E-state index in [9.17, 15) is 4.79 Å². The van der Waals surface area contributed by atoms with Crippen LogP contribution in [-0.4, -0.2) is 47.0 Å². The summed E-state index contributed by atoms with van der Waals surface area (Å²) in [6.45, 7) is 5.75. The molecule has 2 saturated heterocycles. The first-order chi connectivity index (χ1) is 15.2. The van der Waals surface area contributed by atoms with Crippen molar-refractivity contribution < 1.29 is 4.79 Å². The fourth-order valence-electron chi connectivity index (χ4n) is 4.93. The number of carbonyl (C=O) groups is 1. The van der Waals surface area contributed by atoms with E-state index < -0.39 is 0 Å². The maximum absolute atomic E-state index is 13.1. The Morgan fingerprint density at radius 2 is 1.68 bits per heavy atom. The third-order valence-electron chi connectivity index (χ3n) is 6.77. The molecule has 2 aliphatic heterocycles. The molecule has 31 heavy (non-hydrogen) atoms. The molecule has 0 aliphatic carbocycles. The molecule has 2 aromatic heterocycles. The second-order valence-corrected chi connectivity index (χ2v) is 9.75. The predicted octanol–water partition coefficient (Wildman–Crippen LogP) is 5.29. The smallest absolute Gasteiger partial charge is 0.225 e. The van der Waals surface area contributed by atoms with Gasteiger partial charge in [-0.25, -0.2) is 9.97 Å². The summed E-state index contributed by atoms with van der Waals surface area (Å²) in [5, 5.41) is 3.34. The van der Waals surface area contributed by atoms with E-state index in [0.717, 1.165) is 67.9 Å². The molecule has 0 radical (unpaired) electrons. The zero-order valence-electron chi connectivity index (χ0n) is 18.2. The van der Waals surface area contributed by atoms with Crippen LogP contribution in [0.5, 0.6) is 0 Å². The fraction of sp³-hybridized carbons (Fsp3) is 0.480. The minimum Gasteiger partial charge on any atom is -0.356 e. The van der Waals surface area contributed by atoms with E-state index >= 15 is 0 Å². The summed E-state index contributed by atoms with van der Waals surface area (Å²) in [5.41, 5.74) is 3.67. The number of nitrogens with zero attached hydrogens (tertiary/aromatic N) is 4. The van der Waals surface area contributed by atoms with Crippen LogP contribution in [0.15, 0.2) is 36.0 Å². The largest absolute Gasteiger partial charge is 0.356 e. The minimum absolute atomic E-state index is 0.158. The molecular formula is C25H30N4OS. The lowest BCUT2D eigenvalue weighted by molar-refractivity contribution is -0.136. The number of anilines is 1. The van der Waals surface area contributed by atoms with Crippen LogP contribution in [0.3, 0.4) is 0 Å². The number of aromatic nitrogens is 2. The van der Waals surface area contributed by atoms with Crippen LogP contribution >= 0.6 is 11.3 Å². The Balaban J connectivity index is 1.35. The van der Waals surface area contributed by atoms with E-state index in [-0.39, 0.29) is 5.92 Å². The standard InChI is InChI=1S/C25H30N4OS/c1-18-6-8-19(9-7-18)21-16-31-24-22(21)23(26-17-27-24)28-14-10-20(11-15-28)25(30)29-12-4-2-3-5-13-29/h6-9,16-17,20H,2-5,10-15H2,1H3. The van der Waals surface area contributed by atoms with Crippen LogP contribution in [0.4, 0.5) is 5.82 Å². The molecule has 4 heterocycles. The summed E-state index contributed by atoms with van der Waals surface area (Å²) in [7, 11) is 0. The van der Waals surface area contributed by atoms with E-state index in [1.54, 1.807) is 17.7 Å². The molecule has 5 rings (SSSR count). The van der Waals surface area contributed by atoms with Gasteiger partial charge >= 0.3 is 0 Å². The third kappa shape index (κ3) is 4.18. The van der Waals surface area contributed by atoms with Crippen LogP contribution in [-0.2, 0) is 4.79 Å². The molecule has 2 fully saturated rings. The number of fused-ring (bicyclic) bond motifs is 1. The maximum atomic E-state index is 13.1. The van der Waals surface area contributed by atoms with Gasteiger partial charge in [0.2, 0.25) is 5.91 Å². The molecule has 0 bridgehead atoms.